The molecule has 1 aromatic carbocycles. The lowest BCUT2D eigenvalue weighted by Crippen LogP contribution is -2.23. The van der Waals surface area contributed by atoms with E-state index >= 15 is 0 Å². The molecule has 2 aromatic rings. The van der Waals surface area contributed by atoms with Crippen molar-refractivity contribution in [2.75, 3.05) is 6.54 Å². The number of hydrogen-bond donors (Lipinski definition) is 2. The first kappa shape index (κ1) is 13.8. The Labute approximate surface area is 123 Å². The summed E-state index contributed by atoms with van der Waals surface area (Å²) in [6.45, 7) is 0.738. The Kier molecular flexibility index (Phi) is 3.75. The lowest BCUT2D eigenvalue weighted by molar-refractivity contribution is -0.118. The second kappa shape index (κ2) is 5.69. The van der Waals surface area contributed by atoms with Crippen molar-refractivity contribution in [2.24, 2.45) is 11.5 Å². The predicted molar refractivity (Wildman–Crippen MR) is 81.6 cm³/mol. The maximum Gasteiger partial charge on any atom is 0.239 e. The Hall–Kier alpha value is -2.14. The number of amides is 1. The zero-order valence-electron chi connectivity index (χ0n) is 12.0. The number of benzene rings is 1. The first-order valence-electron chi connectivity index (χ1n) is 7.34. The molecule has 1 atom stereocenters. The molecule has 0 spiro atoms. The minimum atomic E-state index is -0.366. The molecule has 3 rings (SSSR count). The zero-order valence-corrected chi connectivity index (χ0v) is 12.0. The summed E-state index contributed by atoms with van der Waals surface area (Å²) < 4.78 is 1.77. The van der Waals surface area contributed by atoms with E-state index in [0.29, 0.717) is 12.5 Å². The standard InChI is InChI=1S/C16H20N4O/c17-9-12-7-4-8-13-15(12)16(11-5-2-1-3-6-11)19-20(13)10-14(18)21/h1-3,5-6,12H,4,7-10,17H2,(H2,18,21). The molecule has 0 radical (unpaired) electrons. The van der Waals surface area contributed by atoms with Crippen molar-refractivity contribution in [3.8, 4) is 11.3 Å². The number of primary amides is 1. The number of aromatic nitrogens is 2. The zero-order chi connectivity index (χ0) is 14.8. The third kappa shape index (κ3) is 2.56. The molecule has 0 fully saturated rings. The van der Waals surface area contributed by atoms with Gasteiger partial charge in [0.25, 0.3) is 0 Å². The number of nitrogens with zero attached hydrogens (tertiary/aromatic N) is 2. The van der Waals surface area contributed by atoms with Gasteiger partial charge in [-0.25, -0.2) is 0 Å². The Morgan fingerprint density at radius 3 is 2.76 bits per heavy atom. The van der Waals surface area contributed by atoms with Gasteiger partial charge in [0.1, 0.15) is 6.54 Å². The van der Waals surface area contributed by atoms with Crippen LogP contribution in [0, 0.1) is 0 Å². The number of nitrogens with two attached hydrogens (primary N) is 2. The highest BCUT2D eigenvalue weighted by Gasteiger charge is 2.28. The van der Waals surface area contributed by atoms with Gasteiger partial charge < -0.3 is 11.5 Å². The first-order valence-corrected chi connectivity index (χ1v) is 7.34. The summed E-state index contributed by atoms with van der Waals surface area (Å²) in [5.74, 6) is -0.0552. The Morgan fingerprint density at radius 2 is 2.10 bits per heavy atom. The van der Waals surface area contributed by atoms with Gasteiger partial charge in [-0.1, -0.05) is 30.3 Å². The van der Waals surface area contributed by atoms with Gasteiger partial charge in [0.15, 0.2) is 0 Å². The van der Waals surface area contributed by atoms with E-state index in [1.807, 2.05) is 30.3 Å². The summed E-state index contributed by atoms with van der Waals surface area (Å²) in [5, 5.41) is 4.66. The number of carbonyl (C=O) groups excluding carboxylic acids is 1. The van der Waals surface area contributed by atoms with Crippen molar-refractivity contribution in [3.63, 3.8) is 0 Å². The first-order chi connectivity index (χ1) is 10.2. The minimum Gasteiger partial charge on any atom is -0.368 e. The van der Waals surface area contributed by atoms with Gasteiger partial charge in [0.2, 0.25) is 5.91 Å². The van der Waals surface area contributed by atoms with Gasteiger partial charge in [-0.3, -0.25) is 9.48 Å². The van der Waals surface area contributed by atoms with Gasteiger partial charge in [0.05, 0.1) is 5.69 Å². The molecule has 1 aliphatic carbocycles. The lowest BCUT2D eigenvalue weighted by atomic mass is 9.84. The number of hydrogen-bond acceptors (Lipinski definition) is 3. The molecule has 110 valence electrons. The van der Waals surface area contributed by atoms with Crippen LogP contribution in [0.5, 0.6) is 0 Å². The van der Waals surface area contributed by atoms with Crippen molar-refractivity contribution in [1.82, 2.24) is 9.78 Å². The van der Waals surface area contributed by atoms with Crippen molar-refractivity contribution < 1.29 is 4.79 Å². The van der Waals surface area contributed by atoms with Crippen LogP contribution in [0.1, 0.15) is 30.0 Å². The van der Waals surface area contributed by atoms with E-state index in [1.165, 1.54) is 5.56 Å². The smallest absolute Gasteiger partial charge is 0.239 e. The summed E-state index contributed by atoms with van der Waals surface area (Å²) >= 11 is 0. The maximum atomic E-state index is 11.3. The monoisotopic (exact) mass is 284 g/mol. The molecule has 0 saturated carbocycles. The van der Waals surface area contributed by atoms with Gasteiger partial charge in [-0.05, 0) is 25.8 Å². The summed E-state index contributed by atoms with van der Waals surface area (Å²) in [7, 11) is 0. The van der Waals surface area contributed by atoms with Crippen LogP contribution in [-0.2, 0) is 17.8 Å². The Balaban J connectivity index is 2.15. The fourth-order valence-electron chi connectivity index (χ4n) is 3.19. The van der Waals surface area contributed by atoms with Crippen LogP contribution in [0.2, 0.25) is 0 Å². The molecular formula is C16H20N4O. The molecule has 1 aromatic heterocycles. The molecule has 4 N–H and O–H groups in total. The van der Waals surface area contributed by atoms with Crippen LogP contribution in [0.4, 0.5) is 0 Å². The van der Waals surface area contributed by atoms with E-state index in [1.54, 1.807) is 4.68 Å². The van der Waals surface area contributed by atoms with E-state index in [-0.39, 0.29) is 12.5 Å². The van der Waals surface area contributed by atoms with Crippen LogP contribution < -0.4 is 11.5 Å². The van der Waals surface area contributed by atoms with E-state index in [0.717, 1.165) is 36.2 Å². The Morgan fingerprint density at radius 1 is 1.33 bits per heavy atom. The third-order valence-corrected chi connectivity index (χ3v) is 4.11. The highest BCUT2D eigenvalue weighted by molar-refractivity contribution is 5.74. The van der Waals surface area contributed by atoms with E-state index < -0.39 is 0 Å². The summed E-state index contributed by atoms with van der Waals surface area (Å²) in [4.78, 5) is 11.3. The average Bonchev–Trinajstić information content (AvgIpc) is 2.86. The van der Waals surface area contributed by atoms with Crippen LogP contribution in [0.3, 0.4) is 0 Å². The molecule has 5 heteroatoms. The number of carbonyl (C=O) groups is 1. The molecule has 21 heavy (non-hydrogen) atoms. The molecule has 1 aliphatic rings. The SMILES string of the molecule is NCC1CCCc2c1c(-c1ccccc1)nn2CC(N)=O. The number of fused-ring (bicyclic) bond motifs is 1. The van der Waals surface area contributed by atoms with Crippen LogP contribution >= 0.6 is 0 Å². The van der Waals surface area contributed by atoms with Crippen LogP contribution in [0.15, 0.2) is 30.3 Å². The van der Waals surface area contributed by atoms with Crippen LogP contribution in [-0.4, -0.2) is 22.2 Å². The third-order valence-electron chi connectivity index (χ3n) is 4.11. The second-order valence-electron chi connectivity index (χ2n) is 5.52. The summed E-state index contributed by atoms with van der Waals surface area (Å²) in [6, 6.07) is 10.1. The van der Waals surface area contributed by atoms with Crippen molar-refractivity contribution in [2.45, 2.75) is 31.7 Å². The summed E-state index contributed by atoms with van der Waals surface area (Å²) in [6.07, 6.45) is 3.08. The molecule has 1 heterocycles. The maximum absolute atomic E-state index is 11.3. The molecule has 5 nitrogen and oxygen atoms in total. The van der Waals surface area contributed by atoms with Gasteiger partial charge in [0, 0.05) is 22.7 Å². The van der Waals surface area contributed by atoms with E-state index in [2.05, 4.69) is 5.10 Å². The summed E-state index contributed by atoms with van der Waals surface area (Å²) in [5.41, 5.74) is 15.6. The van der Waals surface area contributed by atoms with Crippen molar-refractivity contribution in [1.29, 1.82) is 0 Å². The second-order valence-corrected chi connectivity index (χ2v) is 5.52. The minimum absolute atomic E-state index is 0.131. The quantitative estimate of drug-likeness (QED) is 0.890. The van der Waals surface area contributed by atoms with Crippen molar-refractivity contribution in [3.05, 3.63) is 41.6 Å². The molecule has 0 bridgehead atoms. The Bertz CT molecular complexity index is 648. The molecular weight excluding hydrogens is 264 g/mol. The highest BCUT2D eigenvalue weighted by Crippen LogP contribution is 2.37. The molecule has 0 aliphatic heterocycles. The topological polar surface area (TPSA) is 86.9 Å². The largest absolute Gasteiger partial charge is 0.368 e. The molecule has 1 amide bonds. The normalized spacial score (nSPS) is 17.5. The van der Waals surface area contributed by atoms with Gasteiger partial charge in [-0.2, -0.15) is 5.10 Å². The highest BCUT2D eigenvalue weighted by atomic mass is 16.1. The fraction of sp³-hybridized carbons (Fsp3) is 0.375. The molecule has 1 unspecified atom stereocenters. The van der Waals surface area contributed by atoms with Crippen LogP contribution in [0.25, 0.3) is 11.3 Å². The van der Waals surface area contributed by atoms with Gasteiger partial charge >= 0.3 is 0 Å². The lowest BCUT2D eigenvalue weighted by Gasteiger charge is -2.22. The number of rotatable bonds is 4. The van der Waals surface area contributed by atoms with E-state index in [9.17, 15) is 4.79 Å². The molecule has 0 saturated heterocycles. The average molecular weight is 284 g/mol. The van der Waals surface area contributed by atoms with Crippen molar-refractivity contribution >= 4 is 5.91 Å². The predicted octanol–water partition coefficient (Wildman–Crippen LogP) is 1.41. The fourth-order valence-corrected chi connectivity index (χ4v) is 3.19. The van der Waals surface area contributed by atoms with E-state index in [4.69, 9.17) is 11.5 Å². The van der Waals surface area contributed by atoms with Gasteiger partial charge in [-0.15, -0.1) is 0 Å².